The molecular formula is C24H20N6O2. The highest BCUT2D eigenvalue weighted by Gasteiger charge is 2.21. The van der Waals surface area contributed by atoms with E-state index in [-0.39, 0.29) is 17.4 Å². The molecule has 0 spiro atoms. The summed E-state index contributed by atoms with van der Waals surface area (Å²) in [4.78, 5) is 27.1. The van der Waals surface area contributed by atoms with Gasteiger partial charge in [-0.2, -0.15) is 10.2 Å². The highest BCUT2D eigenvalue weighted by molar-refractivity contribution is 5.75. The van der Waals surface area contributed by atoms with Crippen LogP contribution in [0.4, 0.5) is 11.6 Å². The number of ether oxygens (including phenoxy) is 1. The van der Waals surface area contributed by atoms with E-state index in [4.69, 9.17) is 4.74 Å². The number of nitrogens with one attached hydrogen (secondary N) is 1. The molecule has 1 saturated heterocycles. The molecule has 3 heterocycles. The van der Waals surface area contributed by atoms with Crippen LogP contribution in [0, 0.1) is 11.3 Å². The first-order chi connectivity index (χ1) is 15.7. The minimum atomic E-state index is -0.271. The van der Waals surface area contributed by atoms with E-state index in [1.54, 1.807) is 35.0 Å². The highest BCUT2D eigenvalue weighted by Crippen LogP contribution is 2.21. The number of fused-ring (bicyclic) bond motifs is 1. The molecule has 1 aliphatic rings. The van der Waals surface area contributed by atoms with Crippen molar-refractivity contribution in [2.45, 2.75) is 25.5 Å². The molecule has 1 atom stereocenters. The van der Waals surface area contributed by atoms with E-state index in [9.17, 15) is 10.1 Å². The Morgan fingerprint density at radius 2 is 2.03 bits per heavy atom. The van der Waals surface area contributed by atoms with Gasteiger partial charge in [-0.05, 0) is 37.1 Å². The summed E-state index contributed by atoms with van der Waals surface area (Å²) < 4.78 is 7.40. The van der Waals surface area contributed by atoms with E-state index in [1.165, 1.54) is 0 Å². The third-order valence-electron chi connectivity index (χ3n) is 5.39. The first kappa shape index (κ1) is 19.8. The van der Waals surface area contributed by atoms with Crippen LogP contribution < -0.4 is 10.9 Å². The predicted octanol–water partition coefficient (Wildman–Crippen LogP) is 3.65. The molecule has 5 rings (SSSR count). The summed E-state index contributed by atoms with van der Waals surface area (Å²) in [6.45, 7) is 1.07. The van der Waals surface area contributed by atoms with Gasteiger partial charge in [0.05, 0.1) is 30.5 Å². The SMILES string of the molecule is N#Cc1cccc(-c2nc3cnc(Nc4ccccc4)nc3n(C[C@H]3CCCO3)c2=O)c1. The molecule has 2 aromatic carbocycles. The Labute approximate surface area is 184 Å². The summed E-state index contributed by atoms with van der Waals surface area (Å²) in [5, 5.41) is 12.4. The molecular weight excluding hydrogens is 404 g/mol. The van der Waals surface area contributed by atoms with Gasteiger partial charge in [0.1, 0.15) is 11.2 Å². The highest BCUT2D eigenvalue weighted by atomic mass is 16.5. The average molecular weight is 424 g/mol. The van der Waals surface area contributed by atoms with Crippen LogP contribution in [0.3, 0.4) is 0 Å². The molecule has 0 bridgehead atoms. The Bertz CT molecular complexity index is 1370. The van der Waals surface area contributed by atoms with Gasteiger partial charge >= 0.3 is 0 Å². The van der Waals surface area contributed by atoms with Gasteiger partial charge in [0.2, 0.25) is 5.95 Å². The molecule has 0 unspecified atom stereocenters. The summed E-state index contributed by atoms with van der Waals surface area (Å²) in [5.74, 6) is 0.380. The van der Waals surface area contributed by atoms with E-state index >= 15 is 0 Å². The monoisotopic (exact) mass is 424 g/mol. The van der Waals surface area contributed by atoms with Crippen molar-refractivity contribution in [2.75, 3.05) is 11.9 Å². The fourth-order valence-corrected chi connectivity index (χ4v) is 3.83. The smallest absolute Gasteiger partial charge is 0.278 e. The van der Waals surface area contributed by atoms with Gasteiger partial charge in [0.25, 0.3) is 5.56 Å². The van der Waals surface area contributed by atoms with Crippen LogP contribution in [0.25, 0.3) is 22.4 Å². The molecule has 1 aliphatic heterocycles. The standard InChI is InChI=1S/C24H20N6O2/c25-13-16-6-4-7-17(12-16)21-23(31)30(15-19-10-5-11-32-19)22-20(28-21)14-26-24(29-22)27-18-8-2-1-3-9-18/h1-4,6-9,12,14,19H,5,10-11,15H2,(H,26,27,29)/t19-/m1/s1. The molecule has 8 nitrogen and oxygen atoms in total. The Morgan fingerprint density at radius 1 is 1.16 bits per heavy atom. The number of aromatic nitrogens is 4. The molecule has 0 saturated carbocycles. The Morgan fingerprint density at radius 3 is 2.81 bits per heavy atom. The van der Waals surface area contributed by atoms with Gasteiger partial charge in [-0.15, -0.1) is 0 Å². The molecule has 1 N–H and O–H groups in total. The second-order valence-electron chi connectivity index (χ2n) is 7.60. The van der Waals surface area contributed by atoms with Crippen molar-refractivity contribution in [1.29, 1.82) is 5.26 Å². The van der Waals surface area contributed by atoms with Crippen molar-refractivity contribution in [3.63, 3.8) is 0 Å². The summed E-state index contributed by atoms with van der Waals surface area (Å²) in [6.07, 6.45) is 3.40. The lowest BCUT2D eigenvalue weighted by Gasteiger charge is -2.16. The fraction of sp³-hybridized carbons (Fsp3) is 0.208. The first-order valence-corrected chi connectivity index (χ1v) is 10.4. The lowest BCUT2D eigenvalue weighted by molar-refractivity contribution is 0.0971. The number of benzene rings is 2. The van der Waals surface area contributed by atoms with Crippen molar-refractivity contribution in [2.24, 2.45) is 0 Å². The van der Waals surface area contributed by atoms with Crippen LogP contribution in [0.5, 0.6) is 0 Å². The average Bonchev–Trinajstić information content (AvgIpc) is 3.35. The normalized spacial score (nSPS) is 15.5. The van der Waals surface area contributed by atoms with Crippen molar-refractivity contribution in [3.05, 3.63) is 76.7 Å². The fourth-order valence-electron chi connectivity index (χ4n) is 3.83. The zero-order chi connectivity index (χ0) is 21.9. The number of hydrogen-bond acceptors (Lipinski definition) is 7. The third-order valence-corrected chi connectivity index (χ3v) is 5.39. The summed E-state index contributed by atoms with van der Waals surface area (Å²) in [5.41, 5.74) is 2.83. The van der Waals surface area contributed by atoms with Crippen molar-refractivity contribution in [3.8, 4) is 17.3 Å². The molecule has 2 aromatic heterocycles. The number of hydrogen-bond donors (Lipinski definition) is 1. The predicted molar refractivity (Wildman–Crippen MR) is 120 cm³/mol. The van der Waals surface area contributed by atoms with Crippen LogP contribution >= 0.6 is 0 Å². The lowest BCUT2D eigenvalue weighted by Crippen LogP contribution is -2.29. The molecule has 32 heavy (non-hydrogen) atoms. The number of para-hydroxylation sites is 1. The van der Waals surface area contributed by atoms with E-state index in [2.05, 4.69) is 26.3 Å². The Balaban J connectivity index is 1.65. The number of rotatable bonds is 5. The maximum Gasteiger partial charge on any atom is 0.278 e. The molecule has 8 heteroatoms. The topological polar surface area (TPSA) is 106 Å². The second kappa shape index (κ2) is 8.57. The van der Waals surface area contributed by atoms with E-state index in [0.717, 1.165) is 18.5 Å². The summed E-state index contributed by atoms with van der Waals surface area (Å²) >= 11 is 0. The van der Waals surface area contributed by atoms with Gasteiger partial charge in [-0.25, -0.2) is 9.97 Å². The van der Waals surface area contributed by atoms with Gasteiger partial charge in [-0.3, -0.25) is 9.36 Å². The quantitative estimate of drug-likeness (QED) is 0.521. The lowest BCUT2D eigenvalue weighted by atomic mass is 10.1. The van der Waals surface area contributed by atoms with E-state index < -0.39 is 0 Å². The third kappa shape index (κ3) is 3.94. The largest absolute Gasteiger partial charge is 0.376 e. The first-order valence-electron chi connectivity index (χ1n) is 10.4. The van der Waals surface area contributed by atoms with Crippen molar-refractivity contribution >= 4 is 22.8 Å². The van der Waals surface area contributed by atoms with E-state index in [0.29, 0.717) is 41.4 Å². The molecule has 4 aromatic rings. The molecule has 0 radical (unpaired) electrons. The Kier molecular flexibility index (Phi) is 5.32. The van der Waals surface area contributed by atoms with Gasteiger partial charge in [0.15, 0.2) is 5.65 Å². The van der Waals surface area contributed by atoms with Crippen molar-refractivity contribution in [1.82, 2.24) is 19.5 Å². The van der Waals surface area contributed by atoms with Crippen LogP contribution in [0.15, 0.2) is 65.6 Å². The van der Waals surface area contributed by atoms with E-state index in [1.807, 2.05) is 30.3 Å². The number of nitrogens with zero attached hydrogens (tertiary/aromatic N) is 5. The van der Waals surface area contributed by atoms with Crippen LogP contribution in [-0.2, 0) is 11.3 Å². The second-order valence-corrected chi connectivity index (χ2v) is 7.60. The van der Waals surface area contributed by atoms with Crippen LogP contribution in [-0.4, -0.2) is 32.2 Å². The van der Waals surface area contributed by atoms with Crippen LogP contribution in [0.1, 0.15) is 18.4 Å². The number of nitriles is 1. The molecule has 1 fully saturated rings. The van der Waals surface area contributed by atoms with Gasteiger partial charge in [0, 0.05) is 17.9 Å². The molecule has 0 aliphatic carbocycles. The molecule has 158 valence electrons. The number of anilines is 2. The van der Waals surface area contributed by atoms with Crippen LogP contribution in [0.2, 0.25) is 0 Å². The van der Waals surface area contributed by atoms with Gasteiger partial charge in [-0.1, -0.05) is 30.3 Å². The minimum Gasteiger partial charge on any atom is -0.376 e. The Hall–Kier alpha value is -4.09. The van der Waals surface area contributed by atoms with Crippen molar-refractivity contribution < 1.29 is 4.74 Å². The summed E-state index contributed by atoms with van der Waals surface area (Å²) in [7, 11) is 0. The molecule has 0 amide bonds. The zero-order valence-electron chi connectivity index (χ0n) is 17.2. The summed E-state index contributed by atoms with van der Waals surface area (Å²) in [6, 6.07) is 18.6. The van der Waals surface area contributed by atoms with Gasteiger partial charge < -0.3 is 10.1 Å². The minimum absolute atomic E-state index is 0.0582. The zero-order valence-corrected chi connectivity index (χ0v) is 17.2. The maximum atomic E-state index is 13.5. The maximum absolute atomic E-state index is 13.5.